The first-order chi connectivity index (χ1) is 10.2. The smallest absolute Gasteiger partial charge is 0.257 e. The average Bonchev–Trinajstić information content (AvgIpc) is 2.78. The van der Waals surface area contributed by atoms with Gasteiger partial charge in [-0.1, -0.05) is 29.8 Å². The van der Waals surface area contributed by atoms with Crippen LogP contribution >= 0.6 is 11.6 Å². The van der Waals surface area contributed by atoms with Gasteiger partial charge >= 0.3 is 0 Å². The first kappa shape index (κ1) is 16.5. The summed E-state index contributed by atoms with van der Waals surface area (Å²) in [6.07, 6.45) is 1.67. The Labute approximate surface area is 135 Å². The number of halogens is 1. The van der Waals surface area contributed by atoms with Crippen LogP contribution in [-0.2, 0) is 7.05 Å². The fourth-order valence-electron chi connectivity index (χ4n) is 2.35. The van der Waals surface area contributed by atoms with Crippen LogP contribution < -0.4 is 0 Å². The molecule has 0 fully saturated rings. The second-order valence-corrected chi connectivity index (χ2v) is 6.43. The van der Waals surface area contributed by atoms with Gasteiger partial charge in [0.1, 0.15) is 5.69 Å². The zero-order valence-electron chi connectivity index (χ0n) is 13.2. The largest absolute Gasteiger partial charge is 0.389 e. The molecular formula is C16H20ClN3O2. The van der Waals surface area contributed by atoms with Gasteiger partial charge in [0.15, 0.2) is 0 Å². The Balaban J connectivity index is 2.41. The number of benzene rings is 1. The van der Waals surface area contributed by atoms with Crippen molar-refractivity contribution in [3.63, 3.8) is 0 Å². The van der Waals surface area contributed by atoms with Gasteiger partial charge in [0.05, 0.1) is 16.2 Å². The van der Waals surface area contributed by atoms with E-state index >= 15 is 0 Å². The van der Waals surface area contributed by atoms with Crippen LogP contribution in [0.4, 0.5) is 0 Å². The predicted molar refractivity (Wildman–Crippen MR) is 86.9 cm³/mol. The number of aryl methyl sites for hydroxylation is 1. The second kappa shape index (κ2) is 6.10. The highest BCUT2D eigenvalue weighted by molar-refractivity contribution is 6.33. The zero-order valence-corrected chi connectivity index (χ0v) is 13.9. The van der Waals surface area contributed by atoms with E-state index in [0.717, 1.165) is 0 Å². The molecule has 2 aromatic rings. The Hall–Kier alpha value is -1.85. The van der Waals surface area contributed by atoms with Crippen LogP contribution in [-0.4, -0.2) is 44.9 Å². The molecule has 0 bridgehead atoms. The van der Waals surface area contributed by atoms with E-state index in [1.165, 1.54) is 4.90 Å². The van der Waals surface area contributed by atoms with Crippen molar-refractivity contribution in [2.24, 2.45) is 7.05 Å². The Kier molecular flexibility index (Phi) is 4.58. The third-order valence-corrected chi connectivity index (χ3v) is 3.49. The molecule has 1 N–H and O–H groups in total. The van der Waals surface area contributed by atoms with Crippen LogP contribution in [0, 0.1) is 0 Å². The second-order valence-electron chi connectivity index (χ2n) is 6.02. The van der Waals surface area contributed by atoms with E-state index in [4.69, 9.17) is 11.6 Å². The molecule has 118 valence electrons. The van der Waals surface area contributed by atoms with Crippen molar-refractivity contribution in [1.29, 1.82) is 0 Å². The third kappa shape index (κ3) is 3.67. The van der Waals surface area contributed by atoms with Crippen molar-refractivity contribution < 1.29 is 9.90 Å². The minimum Gasteiger partial charge on any atom is -0.389 e. The fourth-order valence-corrected chi connectivity index (χ4v) is 2.58. The highest BCUT2D eigenvalue weighted by Crippen LogP contribution is 2.29. The number of aliphatic hydroxyl groups is 1. The molecule has 0 saturated carbocycles. The standard InChI is InChI=1S/C16H20ClN3O2/c1-16(2,22)10-19(3)15(21)12-9-20(4)18-14(12)11-7-5-6-8-13(11)17/h5-9,22H,10H2,1-4H3. The topological polar surface area (TPSA) is 58.4 Å². The molecule has 0 aliphatic rings. The molecule has 0 unspecified atom stereocenters. The van der Waals surface area contributed by atoms with Gasteiger partial charge in [0.25, 0.3) is 5.91 Å². The van der Waals surface area contributed by atoms with E-state index in [1.54, 1.807) is 44.9 Å². The van der Waals surface area contributed by atoms with E-state index in [9.17, 15) is 9.90 Å². The molecule has 22 heavy (non-hydrogen) atoms. The number of amides is 1. The summed E-state index contributed by atoms with van der Waals surface area (Å²) in [4.78, 5) is 14.1. The first-order valence-electron chi connectivity index (χ1n) is 6.95. The van der Waals surface area contributed by atoms with Gasteiger partial charge in [-0.05, 0) is 19.9 Å². The van der Waals surface area contributed by atoms with Gasteiger partial charge < -0.3 is 10.0 Å². The van der Waals surface area contributed by atoms with Gasteiger partial charge in [-0.25, -0.2) is 0 Å². The van der Waals surface area contributed by atoms with Crippen LogP contribution in [0.5, 0.6) is 0 Å². The Morgan fingerprint density at radius 1 is 1.41 bits per heavy atom. The summed E-state index contributed by atoms with van der Waals surface area (Å²) in [6.45, 7) is 3.55. The van der Waals surface area contributed by atoms with Crippen LogP contribution in [0.1, 0.15) is 24.2 Å². The lowest BCUT2D eigenvalue weighted by molar-refractivity contribution is 0.0368. The molecule has 0 saturated heterocycles. The van der Waals surface area contributed by atoms with Crippen LogP contribution in [0.3, 0.4) is 0 Å². The van der Waals surface area contributed by atoms with Gasteiger partial charge in [0, 0.05) is 32.4 Å². The normalized spacial score (nSPS) is 11.5. The van der Waals surface area contributed by atoms with E-state index in [-0.39, 0.29) is 12.5 Å². The Bertz CT molecular complexity index is 689. The molecule has 1 amide bonds. The summed E-state index contributed by atoms with van der Waals surface area (Å²) in [7, 11) is 3.41. The summed E-state index contributed by atoms with van der Waals surface area (Å²) in [6, 6.07) is 7.28. The maximum atomic E-state index is 12.7. The number of aromatic nitrogens is 2. The van der Waals surface area contributed by atoms with Crippen LogP contribution in [0.25, 0.3) is 11.3 Å². The molecule has 1 aromatic carbocycles. The lowest BCUT2D eigenvalue weighted by Gasteiger charge is -2.25. The number of hydrogen-bond donors (Lipinski definition) is 1. The molecule has 0 atom stereocenters. The average molecular weight is 322 g/mol. The highest BCUT2D eigenvalue weighted by Gasteiger charge is 2.25. The van der Waals surface area contributed by atoms with Crippen LogP contribution in [0.15, 0.2) is 30.5 Å². The highest BCUT2D eigenvalue weighted by atomic mass is 35.5. The molecule has 0 aliphatic heterocycles. The van der Waals surface area contributed by atoms with Crippen molar-refractivity contribution in [3.8, 4) is 11.3 Å². The third-order valence-electron chi connectivity index (χ3n) is 3.16. The van der Waals surface area contributed by atoms with E-state index in [2.05, 4.69) is 5.10 Å². The minimum atomic E-state index is -0.961. The fraction of sp³-hybridized carbons (Fsp3) is 0.375. The molecule has 1 heterocycles. The Morgan fingerprint density at radius 2 is 2.05 bits per heavy atom. The number of carbonyl (C=O) groups excluding carboxylic acids is 1. The summed E-state index contributed by atoms with van der Waals surface area (Å²) < 4.78 is 1.59. The van der Waals surface area contributed by atoms with E-state index < -0.39 is 5.60 Å². The van der Waals surface area contributed by atoms with E-state index in [1.807, 2.05) is 18.2 Å². The lowest BCUT2D eigenvalue weighted by Crippen LogP contribution is -2.39. The summed E-state index contributed by atoms with van der Waals surface area (Å²) in [5.74, 6) is -0.204. The van der Waals surface area contributed by atoms with Crippen LogP contribution in [0.2, 0.25) is 5.02 Å². The molecule has 0 spiro atoms. The molecule has 2 rings (SSSR count). The minimum absolute atomic E-state index is 0.204. The van der Waals surface area contributed by atoms with Crippen molar-refractivity contribution in [1.82, 2.24) is 14.7 Å². The molecule has 5 nitrogen and oxygen atoms in total. The summed E-state index contributed by atoms with van der Waals surface area (Å²) >= 11 is 6.22. The monoisotopic (exact) mass is 321 g/mol. The van der Waals surface area contributed by atoms with Gasteiger partial charge in [-0.3, -0.25) is 9.48 Å². The quantitative estimate of drug-likeness (QED) is 0.941. The van der Waals surface area contributed by atoms with Gasteiger partial charge in [0.2, 0.25) is 0 Å². The van der Waals surface area contributed by atoms with Crippen molar-refractivity contribution in [3.05, 3.63) is 41.0 Å². The number of hydrogen-bond acceptors (Lipinski definition) is 3. The van der Waals surface area contributed by atoms with E-state index in [0.29, 0.717) is 21.8 Å². The maximum absolute atomic E-state index is 12.7. The SMILES string of the molecule is CN(CC(C)(C)O)C(=O)c1cn(C)nc1-c1ccccc1Cl. The molecule has 1 aromatic heterocycles. The summed E-state index contributed by atoms with van der Waals surface area (Å²) in [5, 5.41) is 14.8. The zero-order chi connectivity index (χ0) is 16.5. The molecule has 6 heteroatoms. The molecule has 0 radical (unpaired) electrons. The van der Waals surface area contributed by atoms with Gasteiger partial charge in [-0.15, -0.1) is 0 Å². The molecule has 0 aliphatic carbocycles. The number of likely N-dealkylation sites (N-methyl/N-ethyl adjacent to an activating group) is 1. The number of carbonyl (C=O) groups is 1. The molecular weight excluding hydrogens is 302 g/mol. The lowest BCUT2D eigenvalue weighted by atomic mass is 10.1. The summed E-state index contributed by atoms with van der Waals surface area (Å²) in [5.41, 5.74) is 0.754. The van der Waals surface area contributed by atoms with Crippen molar-refractivity contribution in [2.45, 2.75) is 19.4 Å². The predicted octanol–water partition coefficient (Wildman–Crippen LogP) is 2.58. The number of nitrogens with zero attached hydrogens (tertiary/aromatic N) is 3. The Morgan fingerprint density at radius 3 is 2.64 bits per heavy atom. The van der Waals surface area contributed by atoms with Gasteiger partial charge in [-0.2, -0.15) is 5.10 Å². The maximum Gasteiger partial charge on any atom is 0.257 e. The van der Waals surface area contributed by atoms with Crippen molar-refractivity contribution >= 4 is 17.5 Å². The number of rotatable bonds is 4. The van der Waals surface area contributed by atoms with Crippen molar-refractivity contribution in [2.75, 3.05) is 13.6 Å². The first-order valence-corrected chi connectivity index (χ1v) is 7.33.